The average molecular weight is 301 g/mol. The molecule has 22 heavy (non-hydrogen) atoms. The molecule has 0 spiro atoms. The van der Waals surface area contributed by atoms with Crippen molar-refractivity contribution in [1.82, 2.24) is 5.16 Å². The highest BCUT2D eigenvalue weighted by Crippen LogP contribution is 2.13. The first-order chi connectivity index (χ1) is 10.6. The fraction of sp³-hybridized carbons (Fsp3) is 0.312. The Labute approximate surface area is 129 Å². The lowest BCUT2D eigenvalue weighted by molar-refractivity contribution is -0.118. The fourth-order valence-electron chi connectivity index (χ4n) is 1.99. The zero-order valence-electron chi connectivity index (χ0n) is 12.7. The van der Waals surface area contributed by atoms with Crippen molar-refractivity contribution in [3.05, 3.63) is 42.2 Å². The van der Waals surface area contributed by atoms with Crippen LogP contribution >= 0.6 is 0 Å². The molecule has 6 nitrogen and oxygen atoms in total. The summed E-state index contributed by atoms with van der Waals surface area (Å²) < 4.78 is 4.86. The average Bonchev–Trinajstić information content (AvgIpc) is 2.92. The number of rotatable bonds is 6. The number of benzene rings is 1. The van der Waals surface area contributed by atoms with Gasteiger partial charge in [-0.25, -0.2) is 0 Å². The SMILES string of the molecule is Cc1cc(NC(=O)CCCC(=O)N(C)c2ccccc2)no1. The van der Waals surface area contributed by atoms with Crippen LogP contribution in [-0.4, -0.2) is 24.0 Å². The second kappa shape index (κ2) is 7.40. The first-order valence-corrected chi connectivity index (χ1v) is 7.11. The van der Waals surface area contributed by atoms with Crippen LogP contribution in [0.1, 0.15) is 25.0 Å². The Morgan fingerprint density at radius 1 is 1.23 bits per heavy atom. The summed E-state index contributed by atoms with van der Waals surface area (Å²) in [5.41, 5.74) is 0.843. The first-order valence-electron chi connectivity index (χ1n) is 7.11. The molecular formula is C16H19N3O3. The number of hydrogen-bond acceptors (Lipinski definition) is 4. The van der Waals surface area contributed by atoms with E-state index in [1.165, 1.54) is 0 Å². The van der Waals surface area contributed by atoms with E-state index < -0.39 is 0 Å². The quantitative estimate of drug-likeness (QED) is 0.890. The molecule has 1 aromatic heterocycles. The maximum atomic E-state index is 12.1. The maximum absolute atomic E-state index is 12.1. The summed E-state index contributed by atoms with van der Waals surface area (Å²) in [5.74, 6) is 0.838. The van der Waals surface area contributed by atoms with E-state index in [-0.39, 0.29) is 18.2 Å². The molecule has 0 atom stereocenters. The van der Waals surface area contributed by atoms with Gasteiger partial charge < -0.3 is 14.7 Å². The number of carbonyl (C=O) groups excluding carboxylic acids is 2. The Morgan fingerprint density at radius 2 is 1.95 bits per heavy atom. The Morgan fingerprint density at radius 3 is 2.59 bits per heavy atom. The highest BCUT2D eigenvalue weighted by molar-refractivity contribution is 5.93. The van der Waals surface area contributed by atoms with E-state index in [2.05, 4.69) is 10.5 Å². The van der Waals surface area contributed by atoms with Gasteiger partial charge in [0.1, 0.15) is 5.76 Å². The van der Waals surface area contributed by atoms with Crippen molar-refractivity contribution >= 4 is 23.3 Å². The van der Waals surface area contributed by atoms with Gasteiger partial charge in [-0.3, -0.25) is 9.59 Å². The van der Waals surface area contributed by atoms with E-state index in [1.807, 2.05) is 30.3 Å². The van der Waals surface area contributed by atoms with Crippen molar-refractivity contribution in [3.8, 4) is 0 Å². The molecule has 0 bridgehead atoms. The summed E-state index contributed by atoms with van der Waals surface area (Å²) in [6, 6.07) is 11.1. The van der Waals surface area contributed by atoms with Gasteiger partial charge in [0.15, 0.2) is 5.82 Å². The Hall–Kier alpha value is -2.63. The number of aromatic nitrogens is 1. The molecule has 0 aliphatic heterocycles. The van der Waals surface area contributed by atoms with Gasteiger partial charge in [0.25, 0.3) is 0 Å². The molecule has 0 fully saturated rings. The molecule has 116 valence electrons. The normalized spacial score (nSPS) is 10.3. The zero-order chi connectivity index (χ0) is 15.9. The lowest BCUT2D eigenvalue weighted by Gasteiger charge is -2.17. The molecule has 6 heteroatoms. The molecular weight excluding hydrogens is 282 g/mol. The first kappa shape index (κ1) is 15.8. The van der Waals surface area contributed by atoms with Gasteiger partial charge in [-0.05, 0) is 25.5 Å². The number of nitrogens with zero attached hydrogens (tertiary/aromatic N) is 2. The van der Waals surface area contributed by atoms with Gasteiger partial charge in [0, 0.05) is 31.6 Å². The number of nitrogens with one attached hydrogen (secondary N) is 1. The van der Waals surface area contributed by atoms with E-state index in [0.29, 0.717) is 24.4 Å². The second-order valence-electron chi connectivity index (χ2n) is 5.01. The number of amides is 2. The second-order valence-corrected chi connectivity index (χ2v) is 5.01. The van der Waals surface area contributed by atoms with Gasteiger partial charge in [-0.15, -0.1) is 0 Å². The summed E-state index contributed by atoms with van der Waals surface area (Å²) in [6.07, 6.45) is 1.07. The molecule has 2 amide bonds. The number of carbonyl (C=O) groups is 2. The van der Waals surface area contributed by atoms with E-state index in [4.69, 9.17) is 4.52 Å². The van der Waals surface area contributed by atoms with E-state index in [0.717, 1.165) is 5.69 Å². The van der Waals surface area contributed by atoms with E-state index >= 15 is 0 Å². The van der Waals surface area contributed by atoms with Crippen molar-refractivity contribution in [3.63, 3.8) is 0 Å². The summed E-state index contributed by atoms with van der Waals surface area (Å²) in [6.45, 7) is 1.75. The zero-order valence-corrected chi connectivity index (χ0v) is 12.7. The summed E-state index contributed by atoms with van der Waals surface area (Å²) in [5, 5.41) is 6.31. The van der Waals surface area contributed by atoms with Gasteiger partial charge in [-0.1, -0.05) is 23.4 Å². The number of para-hydroxylation sites is 1. The number of aryl methyl sites for hydroxylation is 1. The van der Waals surface area contributed by atoms with Gasteiger partial charge in [0.05, 0.1) is 0 Å². The van der Waals surface area contributed by atoms with Gasteiger partial charge in [0.2, 0.25) is 11.8 Å². The van der Waals surface area contributed by atoms with Crippen molar-refractivity contribution in [1.29, 1.82) is 0 Å². The number of hydrogen-bond donors (Lipinski definition) is 1. The predicted octanol–water partition coefficient (Wildman–Crippen LogP) is 2.75. The molecule has 1 aromatic carbocycles. The minimum absolute atomic E-state index is 0.0173. The van der Waals surface area contributed by atoms with E-state index in [1.54, 1.807) is 24.9 Å². The minimum atomic E-state index is -0.177. The Kier molecular flexibility index (Phi) is 5.30. The fourth-order valence-corrected chi connectivity index (χ4v) is 1.99. The molecule has 0 unspecified atom stereocenters. The molecule has 2 rings (SSSR count). The van der Waals surface area contributed by atoms with Crippen LogP contribution in [0.25, 0.3) is 0 Å². The molecule has 0 radical (unpaired) electrons. The minimum Gasteiger partial charge on any atom is -0.360 e. The van der Waals surface area contributed by atoms with Crippen molar-refractivity contribution in [2.45, 2.75) is 26.2 Å². The summed E-state index contributed by atoms with van der Waals surface area (Å²) in [7, 11) is 1.73. The third-order valence-corrected chi connectivity index (χ3v) is 3.21. The van der Waals surface area contributed by atoms with Crippen molar-refractivity contribution in [2.24, 2.45) is 0 Å². The molecule has 1 heterocycles. The Balaban J connectivity index is 1.73. The van der Waals surface area contributed by atoms with Crippen molar-refractivity contribution < 1.29 is 14.1 Å². The van der Waals surface area contributed by atoms with Crippen LogP contribution in [0.15, 0.2) is 40.9 Å². The van der Waals surface area contributed by atoms with Crippen LogP contribution in [0.5, 0.6) is 0 Å². The third-order valence-electron chi connectivity index (χ3n) is 3.21. The van der Waals surface area contributed by atoms with Gasteiger partial charge >= 0.3 is 0 Å². The van der Waals surface area contributed by atoms with Crippen LogP contribution in [-0.2, 0) is 9.59 Å². The number of anilines is 2. The smallest absolute Gasteiger partial charge is 0.226 e. The highest BCUT2D eigenvalue weighted by atomic mass is 16.5. The molecule has 0 aliphatic carbocycles. The van der Waals surface area contributed by atoms with Crippen LogP contribution in [0, 0.1) is 6.92 Å². The van der Waals surface area contributed by atoms with Gasteiger partial charge in [-0.2, -0.15) is 0 Å². The topological polar surface area (TPSA) is 75.4 Å². The predicted molar refractivity (Wildman–Crippen MR) is 83.6 cm³/mol. The van der Waals surface area contributed by atoms with Crippen LogP contribution in [0.3, 0.4) is 0 Å². The molecule has 0 aliphatic rings. The third kappa shape index (κ3) is 4.44. The largest absolute Gasteiger partial charge is 0.360 e. The van der Waals surface area contributed by atoms with E-state index in [9.17, 15) is 9.59 Å². The summed E-state index contributed by atoms with van der Waals surface area (Å²) in [4.78, 5) is 25.4. The molecule has 0 saturated heterocycles. The lowest BCUT2D eigenvalue weighted by atomic mass is 10.2. The molecule has 1 N–H and O–H groups in total. The van der Waals surface area contributed by atoms with Crippen LogP contribution < -0.4 is 10.2 Å². The van der Waals surface area contributed by atoms with Crippen LogP contribution in [0.2, 0.25) is 0 Å². The Bertz CT molecular complexity index is 637. The van der Waals surface area contributed by atoms with Crippen LogP contribution in [0.4, 0.5) is 11.5 Å². The summed E-state index contributed by atoms with van der Waals surface area (Å²) >= 11 is 0. The standard InChI is InChI=1S/C16H19N3O3/c1-12-11-14(18-22-12)17-15(20)9-6-10-16(21)19(2)13-7-4-3-5-8-13/h3-5,7-8,11H,6,9-10H2,1-2H3,(H,17,18,20). The highest BCUT2D eigenvalue weighted by Gasteiger charge is 2.12. The monoisotopic (exact) mass is 301 g/mol. The molecule has 2 aromatic rings. The molecule has 0 saturated carbocycles. The van der Waals surface area contributed by atoms with Crippen molar-refractivity contribution in [2.75, 3.05) is 17.3 Å². The lowest BCUT2D eigenvalue weighted by Crippen LogP contribution is -2.26. The maximum Gasteiger partial charge on any atom is 0.226 e.